The summed E-state index contributed by atoms with van der Waals surface area (Å²) in [5.74, 6) is -3.63. The summed E-state index contributed by atoms with van der Waals surface area (Å²) < 4.78 is 78.8. The summed E-state index contributed by atoms with van der Waals surface area (Å²) in [4.78, 5) is 23.5. The molecule has 11 nitrogen and oxygen atoms in total. The number of sulfonamides is 2. The zero-order chi connectivity index (χ0) is 50.0. The summed E-state index contributed by atoms with van der Waals surface area (Å²) in [6, 6.07) is 15.5. The van der Waals surface area contributed by atoms with E-state index in [1.165, 1.54) is 36.4 Å². The number of nitrogens with one attached hydrogen (secondary N) is 1. The molecular weight excluding hydrogens is 918 g/mol. The number of hydrogen-bond donors (Lipinski definition) is 3. The van der Waals surface area contributed by atoms with Gasteiger partial charge in [-0.1, -0.05) is 115 Å². The molecule has 0 aromatic heterocycles. The first-order valence-electron chi connectivity index (χ1n) is 20.1. The van der Waals surface area contributed by atoms with Crippen molar-refractivity contribution in [3.8, 4) is 12.1 Å². The molecule has 0 radical (unpaired) electrons. The largest absolute Gasteiger partial charge is 0.481 e. The number of nitrogens with two attached hydrogens (primary N) is 1. The van der Waals surface area contributed by atoms with Crippen LogP contribution < -0.4 is 9.86 Å². The molecule has 17 heteroatoms. The lowest BCUT2D eigenvalue weighted by Crippen LogP contribution is -2.32. The smallest absolute Gasteiger partial charge is 0.307 e. The van der Waals surface area contributed by atoms with E-state index in [4.69, 9.17) is 38.7 Å². The van der Waals surface area contributed by atoms with Gasteiger partial charge in [0.2, 0.25) is 15.9 Å². The van der Waals surface area contributed by atoms with E-state index in [1.54, 1.807) is 46.8 Å². The Hall–Kier alpha value is -5.42. The summed E-state index contributed by atoms with van der Waals surface area (Å²) in [5.41, 5.74) is 5.75. The molecule has 0 fully saturated rings. The normalized spacial score (nSPS) is 11.3. The molecule has 0 heterocycles. The number of benzene rings is 4. The minimum absolute atomic E-state index is 0.0125. The highest BCUT2D eigenvalue weighted by molar-refractivity contribution is 7.90. The number of halogens is 4. The Labute approximate surface area is 391 Å². The first-order chi connectivity index (χ1) is 29.9. The molecule has 1 amide bonds. The first kappa shape index (κ1) is 55.7. The number of allylic oxidation sites excluding steroid dienone is 2. The standard InChI is InChI=1S/C24H26ClFN2O3S.C15H18FNO2.C9H10ClNO2S/c1-13(2)16-7-8-21(20(25)10-16)32(30,31)28-22(29)11-19-18(14(3)4)9-17(12-27)24(26)23(19)15(5)6;1-8(2)11-5-10(7-17)15(16)14(9(3)4)12(11)6-13(18)19;1-6(2)7-3-4-9(8(10)5-7)14(11,12)13/h7-10,14-15H,1,11H2,2-6H3,(H,28,29);5,8-9H,6H2,1-4H3,(H,18,19);3-5H,1H2,2H3,(H2,11,12,13). The number of carbonyl (C=O) groups excluding carboxylic acids is 1. The Kier molecular flexibility index (Phi) is 19.8. The molecule has 4 aromatic carbocycles. The summed E-state index contributed by atoms with van der Waals surface area (Å²) in [6.07, 6.45) is -0.575. The maximum atomic E-state index is 14.9. The molecule has 0 unspecified atom stereocenters. The van der Waals surface area contributed by atoms with Crippen LogP contribution in [0.15, 0.2) is 71.5 Å². The van der Waals surface area contributed by atoms with Gasteiger partial charge in [-0.05, 0) is 118 Å². The second-order valence-electron chi connectivity index (χ2n) is 16.5. The lowest BCUT2D eigenvalue weighted by Gasteiger charge is -2.21. The van der Waals surface area contributed by atoms with Gasteiger partial charge >= 0.3 is 5.97 Å². The van der Waals surface area contributed by atoms with E-state index in [2.05, 4.69) is 13.2 Å². The molecule has 65 heavy (non-hydrogen) atoms. The summed E-state index contributed by atoms with van der Waals surface area (Å²) >= 11 is 11.9. The van der Waals surface area contributed by atoms with Gasteiger partial charge in [0.1, 0.15) is 33.6 Å². The van der Waals surface area contributed by atoms with Crippen molar-refractivity contribution < 1.29 is 40.3 Å². The fraction of sp³-hybridized carbons (Fsp3) is 0.333. The quantitative estimate of drug-likeness (QED) is 0.116. The van der Waals surface area contributed by atoms with E-state index in [1.807, 2.05) is 51.5 Å². The molecule has 0 spiro atoms. The number of primary sulfonamides is 1. The number of rotatable bonds is 13. The van der Waals surface area contributed by atoms with Crippen molar-refractivity contribution in [3.63, 3.8) is 0 Å². The third-order valence-electron chi connectivity index (χ3n) is 9.89. The van der Waals surface area contributed by atoms with Crippen LogP contribution in [0.3, 0.4) is 0 Å². The monoisotopic (exact) mass is 970 g/mol. The molecule has 4 rings (SSSR count). The number of carbonyl (C=O) groups is 2. The molecule has 0 saturated heterocycles. The van der Waals surface area contributed by atoms with E-state index in [9.17, 15) is 40.5 Å². The number of carboxylic acids is 1. The van der Waals surface area contributed by atoms with Crippen molar-refractivity contribution in [1.82, 2.24) is 4.72 Å². The second-order valence-corrected chi connectivity index (χ2v) is 20.4. The van der Waals surface area contributed by atoms with Crippen LogP contribution in [0.2, 0.25) is 10.0 Å². The number of nitriles is 2. The first-order valence-corrected chi connectivity index (χ1v) is 23.9. The molecule has 348 valence electrons. The molecule has 0 aliphatic rings. The molecule has 0 aliphatic heterocycles. The van der Waals surface area contributed by atoms with E-state index in [-0.39, 0.29) is 73.0 Å². The Bertz CT molecular complexity index is 2830. The Balaban J connectivity index is 0.000000371. The van der Waals surface area contributed by atoms with Crippen LogP contribution in [0, 0.1) is 34.3 Å². The van der Waals surface area contributed by atoms with Crippen LogP contribution in [-0.4, -0.2) is 33.8 Å². The number of nitrogens with zero attached hydrogens (tertiary/aromatic N) is 2. The molecule has 0 bridgehead atoms. The summed E-state index contributed by atoms with van der Waals surface area (Å²) in [6.45, 7) is 25.7. The van der Waals surface area contributed by atoms with E-state index in [0.717, 1.165) is 16.7 Å². The maximum Gasteiger partial charge on any atom is 0.307 e. The van der Waals surface area contributed by atoms with Gasteiger partial charge in [-0.15, -0.1) is 0 Å². The van der Waals surface area contributed by atoms with Crippen molar-refractivity contribution in [2.75, 3.05) is 0 Å². The predicted octanol–water partition coefficient (Wildman–Crippen LogP) is 11.3. The minimum atomic E-state index is -4.25. The average molecular weight is 972 g/mol. The van der Waals surface area contributed by atoms with Crippen molar-refractivity contribution in [2.45, 2.75) is 116 Å². The van der Waals surface area contributed by atoms with Crippen molar-refractivity contribution in [2.24, 2.45) is 5.14 Å². The number of carboxylic acid groups (broad SMARTS) is 1. The topological polar surface area (TPSA) is 208 Å². The SMILES string of the molecule is C=C(C)c1ccc(S(=O)(=O)NC(=O)Cc2c(C(C)C)cc(C#N)c(F)c2C(C)C)c(Cl)c1.C=C(C)c1ccc(S(N)(=O)=O)c(Cl)c1.CC(C)c1cc(C#N)c(F)c(C(C)C)c1CC(=O)O. The van der Waals surface area contributed by atoms with Crippen LogP contribution in [0.25, 0.3) is 11.1 Å². The third kappa shape index (κ3) is 14.5. The fourth-order valence-electron chi connectivity index (χ4n) is 6.80. The molecular formula is C48H54Cl2F2N4O7S2. The fourth-order valence-corrected chi connectivity index (χ4v) is 9.42. The van der Waals surface area contributed by atoms with Gasteiger partial charge in [0.05, 0.1) is 34.0 Å². The lowest BCUT2D eigenvalue weighted by molar-refractivity contribution is -0.136. The predicted molar refractivity (Wildman–Crippen MR) is 253 cm³/mol. The molecule has 0 saturated carbocycles. The van der Waals surface area contributed by atoms with Crippen molar-refractivity contribution in [3.05, 3.63) is 139 Å². The van der Waals surface area contributed by atoms with E-state index >= 15 is 0 Å². The Morgan fingerprint density at radius 3 is 1.35 bits per heavy atom. The summed E-state index contributed by atoms with van der Waals surface area (Å²) in [7, 11) is -7.99. The average Bonchev–Trinajstić information content (AvgIpc) is 3.16. The van der Waals surface area contributed by atoms with Crippen LogP contribution in [0.4, 0.5) is 8.78 Å². The van der Waals surface area contributed by atoms with Gasteiger partial charge in [0.15, 0.2) is 0 Å². The van der Waals surface area contributed by atoms with Gasteiger partial charge in [0.25, 0.3) is 10.0 Å². The van der Waals surface area contributed by atoms with Crippen LogP contribution in [0.1, 0.15) is 149 Å². The Morgan fingerprint density at radius 2 is 1.06 bits per heavy atom. The highest BCUT2D eigenvalue weighted by Crippen LogP contribution is 2.35. The zero-order valence-corrected chi connectivity index (χ0v) is 41.1. The van der Waals surface area contributed by atoms with Gasteiger partial charge < -0.3 is 5.11 Å². The van der Waals surface area contributed by atoms with Crippen LogP contribution in [0.5, 0.6) is 0 Å². The zero-order valence-electron chi connectivity index (χ0n) is 38.0. The molecule has 0 atom stereocenters. The Morgan fingerprint density at radius 1 is 0.692 bits per heavy atom. The lowest BCUT2D eigenvalue weighted by atomic mass is 9.85. The number of aliphatic carboxylic acids is 1. The van der Waals surface area contributed by atoms with Gasteiger partial charge in [-0.2, -0.15) is 10.5 Å². The van der Waals surface area contributed by atoms with Gasteiger partial charge in [-0.25, -0.2) is 35.5 Å². The highest BCUT2D eigenvalue weighted by atomic mass is 35.5. The maximum absolute atomic E-state index is 14.9. The molecule has 4 aromatic rings. The van der Waals surface area contributed by atoms with Crippen molar-refractivity contribution in [1.29, 1.82) is 10.5 Å². The van der Waals surface area contributed by atoms with Crippen LogP contribution in [-0.2, 0) is 42.5 Å². The minimum Gasteiger partial charge on any atom is -0.481 e. The van der Waals surface area contributed by atoms with E-state index in [0.29, 0.717) is 33.4 Å². The number of hydrogen-bond acceptors (Lipinski definition) is 8. The van der Waals surface area contributed by atoms with Gasteiger partial charge in [-0.3, -0.25) is 9.59 Å². The van der Waals surface area contributed by atoms with Gasteiger partial charge in [0, 0.05) is 0 Å². The highest BCUT2D eigenvalue weighted by Gasteiger charge is 2.27. The molecule has 4 N–H and O–H groups in total. The second kappa shape index (κ2) is 23.2. The van der Waals surface area contributed by atoms with Crippen LogP contribution >= 0.6 is 23.2 Å². The van der Waals surface area contributed by atoms with Crippen molar-refractivity contribution >= 4 is 66.3 Å². The third-order valence-corrected chi connectivity index (χ3v) is 13.1. The summed E-state index contributed by atoms with van der Waals surface area (Å²) in [5, 5.41) is 32.3. The van der Waals surface area contributed by atoms with E-state index < -0.39 is 43.6 Å². The number of amides is 1. The molecule has 0 aliphatic carbocycles.